The van der Waals surface area contributed by atoms with E-state index in [9.17, 15) is 19.2 Å². The van der Waals surface area contributed by atoms with Gasteiger partial charge in [0.2, 0.25) is 0 Å². The number of nitrogens with zero attached hydrogens (tertiary/aromatic N) is 10. The lowest BCUT2D eigenvalue weighted by Crippen LogP contribution is -2.39. The summed E-state index contributed by atoms with van der Waals surface area (Å²) in [5.41, 5.74) is 6.95. The van der Waals surface area contributed by atoms with Crippen LogP contribution in [-0.4, -0.2) is 147 Å². The molecule has 342 valence electrons. The molecule has 3 heterocycles. The van der Waals surface area contributed by atoms with E-state index in [4.69, 9.17) is 14.2 Å². The minimum absolute atomic E-state index is 0.00604. The van der Waals surface area contributed by atoms with Gasteiger partial charge >= 0.3 is 0 Å². The first-order valence-electron chi connectivity index (χ1n) is 21.2. The summed E-state index contributed by atoms with van der Waals surface area (Å²) in [6.45, 7) is 20.2. The second-order valence-electron chi connectivity index (χ2n) is 14.9. The van der Waals surface area contributed by atoms with Crippen LogP contribution in [0.2, 0.25) is 0 Å². The highest BCUT2D eigenvalue weighted by Crippen LogP contribution is 2.41. The number of nitrogens with one attached hydrogen (secondary N) is 2. The number of hydrogen-bond acceptors (Lipinski definition) is 14. The highest BCUT2D eigenvalue weighted by Gasteiger charge is 2.29. The first kappa shape index (κ1) is 48.3. The number of carbonyl (C=O) groups is 4. The number of benzene rings is 2. The van der Waals surface area contributed by atoms with Crippen LogP contribution in [0, 0.1) is 13.8 Å². The summed E-state index contributed by atoms with van der Waals surface area (Å²) < 4.78 is 21.0. The molecule has 3 amide bonds. The van der Waals surface area contributed by atoms with Gasteiger partial charge in [0.1, 0.15) is 40.5 Å². The smallest absolute Gasteiger partial charge is 0.277 e. The average molecular weight is 881 g/mol. The zero-order chi connectivity index (χ0) is 46.3. The molecule has 2 aromatic heterocycles. The lowest BCUT2D eigenvalue weighted by Gasteiger charge is -2.28. The summed E-state index contributed by atoms with van der Waals surface area (Å²) in [6.07, 6.45) is 5.00. The Morgan fingerprint density at radius 1 is 0.875 bits per heavy atom. The largest absolute Gasteiger partial charge is 0.494 e. The molecule has 19 nitrogen and oxygen atoms in total. The van der Waals surface area contributed by atoms with E-state index in [2.05, 4.69) is 49.3 Å². The molecule has 5 rings (SSSR count). The third-order valence-electron chi connectivity index (χ3n) is 10.6. The molecule has 0 saturated carbocycles. The molecule has 64 heavy (non-hydrogen) atoms. The van der Waals surface area contributed by atoms with Crippen LogP contribution in [0.15, 0.2) is 58.5 Å². The third-order valence-corrected chi connectivity index (χ3v) is 10.6. The van der Waals surface area contributed by atoms with Crippen LogP contribution in [0.3, 0.4) is 0 Å². The molecule has 0 radical (unpaired) electrons. The van der Waals surface area contributed by atoms with Crippen LogP contribution in [0.25, 0.3) is 0 Å². The van der Waals surface area contributed by atoms with E-state index >= 15 is 0 Å². The Morgan fingerprint density at radius 3 is 2.14 bits per heavy atom. The molecule has 1 aliphatic heterocycles. The van der Waals surface area contributed by atoms with Gasteiger partial charge in [-0.2, -0.15) is 10.2 Å². The number of carbonyl (C=O) groups excluding carboxylic acids is 4. The molecular formula is C45H60N12O7. The third kappa shape index (κ3) is 11.7. The number of rotatable bonds is 23. The first-order chi connectivity index (χ1) is 30.9. The van der Waals surface area contributed by atoms with Crippen molar-refractivity contribution in [1.82, 2.24) is 40.2 Å². The minimum atomic E-state index is -0.391. The fourth-order valence-electron chi connectivity index (χ4n) is 7.30. The second-order valence-corrected chi connectivity index (χ2v) is 14.9. The fourth-order valence-corrected chi connectivity index (χ4v) is 7.30. The molecular weight excluding hydrogens is 821 g/mol. The lowest BCUT2D eigenvalue weighted by molar-refractivity contribution is 0.0358. The number of aliphatic imine (C=N–C) groups is 2. The van der Waals surface area contributed by atoms with Crippen LogP contribution < -0.4 is 30.0 Å². The van der Waals surface area contributed by atoms with Crippen molar-refractivity contribution in [2.45, 2.75) is 47.2 Å². The minimum Gasteiger partial charge on any atom is -0.494 e. The molecule has 0 unspecified atom stereocenters. The van der Waals surface area contributed by atoms with E-state index in [1.807, 2.05) is 38.7 Å². The van der Waals surface area contributed by atoms with Gasteiger partial charge in [-0.05, 0) is 83.9 Å². The fraction of sp³-hybridized carbons (Fsp3) is 0.422. The second kappa shape index (κ2) is 23.1. The number of hydrogen-bond donors (Lipinski definition) is 2. The molecule has 1 aliphatic rings. The monoisotopic (exact) mass is 880 g/mol. The standard InChI is InChI=1S/C45H60N12O7/c1-10-56-37(23-31(3)50-56)43(59)49-30-54(41-35(46-5)25-33(29-58)26-39(41)62-9)16-12-13-17-55(45(61)38-24-32(4)51-57(38)11-2)42-36(47-6)27-34(44(60)52(8)48-7)28-40(42)64-20-14-15-53-18-21-63-22-19-53/h12-13,23-29,48H,5-6,10-11,14-22,30H2,1-4,7-9H3,(H,49,59)/b13-12+. The van der Waals surface area contributed by atoms with Gasteiger partial charge in [0.25, 0.3) is 17.7 Å². The van der Waals surface area contributed by atoms with Gasteiger partial charge < -0.3 is 24.4 Å². The maximum atomic E-state index is 14.9. The summed E-state index contributed by atoms with van der Waals surface area (Å²) in [4.78, 5) is 68.1. The number of amides is 3. The maximum Gasteiger partial charge on any atom is 0.277 e. The van der Waals surface area contributed by atoms with Crippen molar-refractivity contribution in [2.24, 2.45) is 9.98 Å². The Labute approximate surface area is 374 Å². The zero-order valence-electron chi connectivity index (χ0n) is 37.9. The number of hydrazine groups is 1. The number of aldehydes is 1. The van der Waals surface area contributed by atoms with Crippen LogP contribution in [0.4, 0.5) is 22.7 Å². The van der Waals surface area contributed by atoms with Gasteiger partial charge in [0.05, 0.1) is 56.4 Å². The highest BCUT2D eigenvalue weighted by atomic mass is 16.5. The van der Waals surface area contributed by atoms with E-state index in [1.54, 1.807) is 65.9 Å². The number of ether oxygens (including phenoxy) is 3. The Balaban J connectivity index is 1.56. The number of methoxy groups -OCH3 is 1. The number of aryl methyl sites for hydroxylation is 4. The van der Waals surface area contributed by atoms with E-state index in [0.29, 0.717) is 90.2 Å². The molecule has 4 aromatic rings. The quantitative estimate of drug-likeness (QED) is 0.0263. The Morgan fingerprint density at radius 2 is 1.52 bits per heavy atom. The molecule has 1 fully saturated rings. The van der Waals surface area contributed by atoms with Crippen molar-refractivity contribution >= 4 is 60.2 Å². The topological polar surface area (TPSA) is 193 Å². The first-order valence-corrected chi connectivity index (χ1v) is 21.2. The van der Waals surface area contributed by atoms with Crippen LogP contribution in [0.1, 0.15) is 73.3 Å². The van der Waals surface area contributed by atoms with Crippen molar-refractivity contribution in [3.8, 4) is 11.5 Å². The zero-order valence-corrected chi connectivity index (χ0v) is 37.9. The van der Waals surface area contributed by atoms with Crippen molar-refractivity contribution in [3.63, 3.8) is 0 Å². The van der Waals surface area contributed by atoms with Crippen LogP contribution in [0.5, 0.6) is 11.5 Å². The SMILES string of the molecule is C=Nc1cc(C=O)cc(OC)c1N(C/C=C/CN(C(=O)c1cc(C)nn1CC)c1c(N=C)cc(C(=O)N(C)NC)cc1OCCCN1CCOCC1)CNC(=O)c1cc(C)nn1CC. The molecule has 0 spiro atoms. The normalized spacial score (nSPS) is 12.8. The van der Waals surface area contributed by atoms with E-state index < -0.39 is 5.91 Å². The van der Waals surface area contributed by atoms with Gasteiger partial charge in [0, 0.05) is 71.0 Å². The molecule has 2 aromatic carbocycles. The van der Waals surface area contributed by atoms with Gasteiger partial charge in [-0.15, -0.1) is 0 Å². The van der Waals surface area contributed by atoms with Crippen molar-refractivity contribution < 1.29 is 33.4 Å². The van der Waals surface area contributed by atoms with Crippen molar-refractivity contribution in [2.75, 3.05) is 90.2 Å². The summed E-state index contributed by atoms with van der Waals surface area (Å²) >= 11 is 0. The molecule has 0 atom stereocenters. The Kier molecular flexibility index (Phi) is 17.5. The molecule has 2 N–H and O–H groups in total. The van der Waals surface area contributed by atoms with Gasteiger partial charge in [-0.3, -0.25) is 53.3 Å². The highest BCUT2D eigenvalue weighted by molar-refractivity contribution is 6.09. The van der Waals surface area contributed by atoms with E-state index in [1.165, 1.54) is 17.0 Å². The molecule has 0 bridgehead atoms. The van der Waals surface area contributed by atoms with Gasteiger partial charge in [-0.25, -0.2) is 5.43 Å². The van der Waals surface area contributed by atoms with Gasteiger partial charge in [-0.1, -0.05) is 12.2 Å². The number of aromatic nitrogens is 4. The van der Waals surface area contributed by atoms with Crippen molar-refractivity contribution in [3.05, 3.63) is 82.5 Å². The van der Waals surface area contributed by atoms with Crippen LogP contribution >= 0.6 is 0 Å². The summed E-state index contributed by atoms with van der Waals surface area (Å²) in [5.74, 6) is -0.482. The number of anilines is 2. The van der Waals surface area contributed by atoms with Crippen molar-refractivity contribution in [1.29, 1.82) is 0 Å². The lowest BCUT2D eigenvalue weighted by atomic mass is 10.1. The molecule has 0 aliphatic carbocycles. The Hall–Kier alpha value is -6.70. The Bertz CT molecular complexity index is 2330. The summed E-state index contributed by atoms with van der Waals surface area (Å²) in [6, 6.07) is 9.81. The molecule has 19 heteroatoms. The predicted molar refractivity (Wildman–Crippen MR) is 248 cm³/mol. The summed E-state index contributed by atoms with van der Waals surface area (Å²) in [7, 11) is 4.71. The van der Waals surface area contributed by atoms with E-state index in [-0.39, 0.29) is 55.2 Å². The van der Waals surface area contributed by atoms with E-state index in [0.717, 1.165) is 19.6 Å². The predicted octanol–water partition coefficient (Wildman–Crippen LogP) is 4.63. The average Bonchev–Trinajstić information content (AvgIpc) is 3.91. The summed E-state index contributed by atoms with van der Waals surface area (Å²) in [5, 5.41) is 13.3. The molecule has 1 saturated heterocycles. The van der Waals surface area contributed by atoms with Gasteiger partial charge in [0.15, 0.2) is 0 Å². The maximum absolute atomic E-state index is 14.9. The van der Waals surface area contributed by atoms with Crippen LogP contribution in [-0.2, 0) is 17.8 Å². The number of morpholine rings is 1.